The van der Waals surface area contributed by atoms with Gasteiger partial charge in [-0.2, -0.15) is 0 Å². The van der Waals surface area contributed by atoms with Gasteiger partial charge in [-0.15, -0.1) is 24.2 Å². The molecule has 1 aromatic carbocycles. The fraction of sp³-hybridized carbons (Fsp3) is 0.364. The molecular weight excluding hydrogens is 248 g/mol. The number of benzene rings is 1. The van der Waals surface area contributed by atoms with Crippen LogP contribution in [0.2, 0.25) is 0 Å². The first-order valence-electron chi connectivity index (χ1n) is 4.85. The standard InChI is InChI=1S/C11H13ClO3S/c12-5-1-2-7-6-8(3-4-9(7)16)10(13)11(14)15/h3-4,6,10,13,16H,1-2,5H2,(H,14,15). The van der Waals surface area contributed by atoms with Gasteiger partial charge in [0.2, 0.25) is 0 Å². The van der Waals surface area contributed by atoms with E-state index in [-0.39, 0.29) is 0 Å². The molecule has 0 saturated heterocycles. The molecule has 1 unspecified atom stereocenters. The summed E-state index contributed by atoms with van der Waals surface area (Å²) in [5.41, 5.74) is 1.27. The average molecular weight is 261 g/mol. The molecule has 0 radical (unpaired) electrons. The van der Waals surface area contributed by atoms with E-state index >= 15 is 0 Å². The van der Waals surface area contributed by atoms with E-state index in [4.69, 9.17) is 16.7 Å². The smallest absolute Gasteiger partial charge is 0.337 e. The van der Waals surface area contributed by atoms with Gasteiger partial charge in [-0.25, -0.2) is 4.79 Å². The lowest BCUT2D eigenvalue weighted by atomic mass is 10.0. The number of aryl methyl sites for hydroxylation is 1. The third-order valence-electron chi connectivity index (χ3n) is 2.23. The van der Waals surface area contributed by atoms with E-state index in [9.17, 15) is 9.90 Å². The van der Waals surface area contributed by atoms with Crippen LogP contribution in [0.4, 0.5) is 0 Å². The second-order valence-corrected chi connectivity index (χ2v) is 4.28. The molecule has 0 amide bonds. The number of carbonyl (C=O) groups is 1. The SMILES string of the molecule is O=C(O)C(O)c1ccc(S)c(CCCCl)c1. The average Bonchev–Trinajstić information content (AvgIpc) is 2.27. The van der Waals surface area contributed by atoms with Crippen LogP contribution in [0.3, 0.4) is 0 Å². The number of aliphatic carboxylic acids is 1. The van der Waals surface area contributed by atoms with E-state index in [1.807, 2.05) is 0 Å². The minimum Gasteiger partial charge on any atom is -0.479 e. The number of alkyl halides is 1. The quantitative estimate of drug-likeness (QED) is 0.562. The predicted molar refractivity (Wildman–Crippen MR) is 65.3 cm³/mol. The van der Waals surface area contributed by atoms with Crippen LogP contribution in [0.5, 0.6) is 0 Å². The lowest BCUT2D eigenvalue weighted by molar-refractivity contribution is -0.146. The van der Waals surface area contributed by atoms with E-state index in [1.54, 1.807) is 18.2 Å². The normalized spacial score (nSPS) is 12.4. The highest BCUT2D eigenvalue weighted by Crippen LogP contribution is 2.22. The van der Waals surface area contributed by atoms with Crippen LogP contribution < -0.4 is 0 Å². The van der Waals surface area contributed by atoms with Crippen LogP contribution in [0.15, 0.2) is 23.1 Å². The van der Waals surface area contributed by atoms with Crippen molar-refractivity contribution < 1.29 is 15.0 Å². The molecule has 88 valence electrons. The minimum atomic E-state index is -1.48. The summed E-state index contributed by atoms with van der Waals surface area (Å²) in [6.45, 7) is 0. The van der Waals surface area contributed by atoms with E-state index in [0.29, 0.717) is 11.4 Å². The Balaban J connectivity index is 2.92. The summed E-state index contributed by atoms with van der Waals surface area (Å²) in [6, 6.07) is 4.91. The first-order chi connectivity index (χ1) is 7.56. The number of carboxylic acids is 1. The van der Waals surface area contributed by atoms with E-state index < -0.39 is 12.1 Å². The number of hydrogen-bond acceptors (Lipinski definition) is 3. The molecular formula is C11H13ClO3S. The number of aliphatic hydroxyl groups excluding tert-OH is 1. The maximum absolute atomic E-state index is 10.6. The Morgan fingerprint density at radius 3 is 2.75 bits per heavy atom. The zero-order valence-electron chi connectivity index (χ0n) is 8.56. The van der Waals surface area contributed by atoms with Crippen molar-refractivity contribution in [3.05, 3.63) is 29.3 Å². The Bertz CT molecular complexity index is 381. The van der Waals surface area contributed by atoms with Crippen molar-refractivity contribution in [2.45, 2.75) is 23.8 Å². The van der Waals surface area contributed by atoms with E-state index in [1.165, 1.54) is 0 Å². The molecule has 0 fully saturated rings. The Morgan fingerprint density at radius 2 is 2.19 bits per heavy atom. The van der Waals surface area contributed by atoms with Crippen LogP contribution in [-0.2, 0) is 11.2 Å². The fourth-order valence-electron chi connectivity index (χ4n) is 1.38. The van der Waals surface area contributed by atoms with Crippen LogP contribution in [0.25, 0.3) is 0 Å². The van der Waals surface area contributed by atoms with Crippen molar-refractivity contribution in [3.8, 4) is 0 Å². The number of hydrogen-bond donors (Lipinski definition) is 3. The molecule has 0 heterocycles. The van der Waals surface area contributed by atoms with Crippen molar-refractivity contribution >= 4 is 30.2 Å². The number of halogens is 1. The van der Waals surface area contributed by atoms with Gasteiger partial charge in [-0.05, 0) is 30.0 Å². The molecule has 5 heteroatoms. The molecule has 16 heavy (non-hydrogen) atoms. The highest BCUT2D eigenvalue weighted by Gasteiger charge is 2.16. The first-order valence-corrected chi connectivity index (χ1v) is 5.83. The molecule has 3 nitrogen and oxygen atoms in total. The predicted octanol–water partition coefficient (Wildman–Crippen LogP) is 2.26. The van der Waals surface area contributed by atoms with Gasteiger partial charge in [0.25, 0.3) is 0 Å². The van der Waals surface area contributed by atoms with Crippen LogP contribution in [0, 0.1) is 0 Å². The van der Waals surface area contributed by atoms with Crippen LogP contribution >= 0.6 is 24.2 Å². The maximum Gasteiger partial charge on any atom is 0.337 e. The van der Waals surface area contributed by atoms with Gasteiger partial charge in [0.1, 0.15) is 0 Å². The summed E-state index contributed by atoms with van der Waals surface area (Å²) < 4.78 is 0. The Hall–Kier alpha value is -0.710. The van der Waals surface area contributed by atoms with Crippen molar-refractivity contribution in [2.24, 2.45) is 0 Å². The number of aliphatic hydroxyl groups is 1. The molecule has 0 aliphatic carbocycles. The summed E-state index contributed by atoms with van der Waals surface area (Å²) >= 11 is 9.85. The van der Waals surface area contributed by atoms with Crippen molar-refractivity contribution in [1.29, 1.82) is 0 Å². The Labute approximate surface area is 104 Å². The summed E-state index contributed by atoms with van der Waals surface area (Å²) in [6.07, 6.45) is 0.0354. The fourth-order valence-corrected chi connectivity index (χ4v) is 1.76. The second kappa shape index (κ2) is 6.13. The highest BCUT2D eigenvalue weighted by atomic mass is 35.5. The summed E-state index contributed by atoms with van der Waals surface area (Å²) in [4.78, 5) is 11.4. The van der Waals surface area contributed by atoms with Gasteiger partial charge in [-0.1, -0.05) is 12.1 Å². The summed E-state index contributed by atoms with van der Waals surface area (Å²) in [7, 11) is 0. The van der Waals surface area contributed by atoms with Gasteiger partial charge in [0, 0.05) is 10.8 Å². The topological polar surface area (TPSA) is 57.5 Å². The lowest BCUT2D eigenvalue weighted by Gasteiger charge is -2.10. The molecule has 0 aromatic heterocycles. The minimum absolute atomic E-state index is 0.370. The van der Waals surface area contributed by atoms with E-state index in [0.717, 1.165) is 23.3 Å². The van der Waals surface area contributed by atoms with Crippen molar-refractivity contribution in [3.63, 3.8) is 0 Å². The van der Waals surface area contributed by atoms with Crippen LogP contribution in [-0.4, -0.2) is 22.1 Å². The molecule has 0 bridgehead atoms. The molecule has 0 saturated carbocycles. The van der Waals surface area contributed by atoms with Crippen LogP contribution in [0.1, 0.15) is 23.7 Å². The summed E-state index contributed by atoms with van der Waals surface area (Å²) in [5.74, 6) is -0.714. The van der Waals surface area contributed by atoms with Crippen molar-refractivity contribution in [2.75, 3.05) is 5.88 Å². The summed E-state index contributed by atoms with van der Waals surface area (Å²) in [5, 5.41) is 18.1. The molecule has 2 N–H and O–H groups in total. The maximum atomic E-state index is 10.6. The number of carboxylic acid groups (broad SMARTS) is 1. The Kier molecular flexibility index (Phi) is 5.12. The van der Waals surface area contributed by atoms with Gasteiger partial charge in [0.15, 0.2) is 6.10 Å². The molecule has 0 spiro atoms. The van der Waals surface area contributed by atoms with Gasteiger partial charge in [0.05, 0.1) is 0 Å². The third kappa shape index (κ3) is 3.40. The molecule has 1 aromatic rings. The van der Waals surface area contributed by atoms with E-state index in [2.05, 4.69) is 12.6 Å². The first kappa shape index (κ1) is 13.4. The molecule has 1 atom stereocenters. The largest absolute Gasteiger partial charge is 0.479 e. The molecule has 0 aliphatic rings. The number of rotatable bonds is 5. The lowest BCUT2D eigenvalue weighted by Crippen LogP contribution is -2.10. The molecule has 1 rings (SSSR count). The zero-order chi connectivity index (χ0) is 12.1. The van der Waals surface area contributed by atoms with Gasteiger partial charge < -0.3 is 10.2 Å². The second-order valence-electron chi connectivity index (χ2n) is 3.42. The number of thiol groups is 1. The molecule has 0 aliphatic heterocycles. The zero-order valence-corrected chi connectivity index (χ0v) is 10.2. The monoisotopic (exact) mass is 260 g/mol. The van der Waals surface area contributed by atoms with Gasteiger partial charge >= 0.3 is 5.97 Å². The van der Waals surface area contributed by atoms with Gasteiger partial charge in [-0.3, -0.25) is 0 Å². The highest BCUT2D eigenvalue weighted by molar-refractivity contribution is 7.80. The van der Waals surface area contributed by atoms with Crippen molar-refractivity contribution in [1.82, 2.24) is 0 Å². The third-order valence-corrected chi connectivity index (χ3v) is 2.94. The Morgan fingerprint density at radius 1 is 1.50 bits per heavy atom.